The van der Waals surface area contributed by atoms with Crippen LogP contribution in [0.2, 0.25) is 0 Å². The lowest BCUT2D eigenvalue weighted by Gasteiger charge is -2.33. The van der Waals surface area contributed by atoms with Gasteiger partial charge in [0.2, 0.25) is 5.91 Å². The Balaban J connectivity index is 1.75. The van der Waals surface area contributed by atoms with E-state index >= 15 is 0 Å². The molecule has 0 N–H and O–H groups in total. The van der Waals surface area contributed by atoms with Crippen LogP contribution in [0.5, 0.6) is 0 Å². The Kier molecular flexibility index (Phi) is 6.64. The number of nitrogens with zero attached hydrogens (tertiary/aromatic N) is 2. The molecule has 1 fully saturated rings. The number of piperidine rings is 1. The van der Waals surface area contributed by atoms with Gasteiger partial charge < -0.3 is 14.5 Å². The number of benzene rings is 2. The molecule has 140 valence electrons. The Morgan fingerprint density at radius 1 is 1.19 bits per heavy atom. The summed E-state index contributed by atoms with van der Waals surface area (Å²) in [4.78, 5) is 17.4. The van der Waals surface area contributed by atoms with E-state index in [0.717, 1.165) is 13.0 Å². The summed E-state index contributed by atoms with van der Waals surface area (Å²) in [6.45, 7) is 2.94. The van der Waals surface area contributed by atoms with Gasteiger partial charge >= 0.3 is 0 Å². The topological polar surface area (TPSA) is 32.8 Å². The fourth-order valence-corrected chi connectivity index (χ4v) is 3.86. The van der Waals surface area contributed by atoms with Gasteiger partial charge in [-0.3, -0.25) is 4.79 Å². The van der Waals surface area contributed by atoms with Crippen molar-refractivity contribution in [2.75, 3.05) is 33.9 Å². The molecule has 2 aromatic carbocycles. The zero-order valence-corrected chi connectivity index (χ0v) is 16.0. The van der Waals surface area contributed by atoms with Crippen molar-refractivity contribution >= 4 is 16.7 Å². The van der Waals surface area contributed by atoms with Gasteiger partial charge in [0.1, 0.15) is 0 Å². The highest BCUT2D eigenvalue weighted by molar-refractivity contribution is 5.86. The zero-order valence-electron chi connectivity index (χ0n) is 16.0. The highest BCUT2D eigenvalue weighted by atomic mass is 16.5. The number of methoxy groups -OCH3 is 1. The van der Waals surface area contributed by atoms with Gasteiger partial charge in [0.05, 0.1) is 6.61 Å². The summed E-state index contributed by atoms with van der Waals surface area (Å²) in [7, 11) is 3.83. The predicted octanol–water partition coefficient (Wildman–Crippen LogP) is 3.69. The number of likely N-dealkylation sites (tertiary alicyclic amines) is 1. The van der Waals surface area contributed by atoms with Gasteiger partial charge in [0.15, 0.2) is 0 Å². The first-order chi connectivity index (χ1) is 12.7. The number of rotatable bonds is 7. The van der Waals surface area contributed by atoms with Crippen molar-refractivity contribution < 1.29 is 9.53 Å². The minimum atomic E-state index is 0.230. The molecule has 4 nitrogen and oxygen atoms in total. The minimum Gasteiger partial charge on any atom is -0.383 e. The van der Waals surface area contributed by atoms with Gasteiger partial charge in [-0.15, -0.1) is 0 Å². The van der Waals surface area contributed by atoms with E-state index in [1.165, 1.54) is 29.2 Å². The number of amides is 1. The molecule has 1 unspecified atom stereocenters. The normalized spacial score (nSPS) is 18.2. The van der Waals surface area contributed by atoms with Crippen molar-refractivity contribution in [1.29, 1.82) is 0 Å². The van der Waals surface area contributed by atoms with Crippen LogP contribution in [0, 0.1) is 0 Å². The van der Waals surface area contributed by atoms with Crippen LogP contribution in [0.3, 0.4) is 0 Å². The average molecular weight is 354 g/mol. The van der Waals surface area contributed by atoms with Crippen molar-refractivity contribution in [3.05, 3.63) is 48.0 Å². The second kappa shape index (κ2) is 9.15. The third-order valence-electron chi connectivity index (χ3n) is 5.49. The SMILES string of the molecule is COCCN(Cc1cccc2ccccc12)C(=O)CC1CCCCN1C. The second-order valence-electron chi connectivity index (χ2n) is 7.28. The molecule has 2 aromatic rings. The number of ether oxygens (including phenoxy) is 1. The van der Waals surface area contributed by atoms with Crippen molar-refractivity contribution in [2.45, 2.75) is 38.3 Å². The molecule has 3 rings (SSSR count). The summed E-state index contributed by atoms with van der Waals surface area (Å²) < 4.78 is 5.25. The number of carbonyl (C=O) groups is 1. The Morgan fingerprint density at radius 3 is 2.81 bits per heavy atom. The van der Waals surface area contributed by atoms with Crippen LogP contribution in [0.25, 0.3) is 10.8 Å². The van der Waals surface area contributed by atoms with E-state index in [9.17, 15) is 4.79 Å². The standard InChI is InChI=1S/C22H30N2O2/c1-23-13-6-5-11-20(23)16-22(25)24(14-15-26-2)17-19-10-7-9-18-8-3-4-12-21(18)19/h3-4,7-10,12,20H,5-6,11,13-17H2,1-2H3. The Bertz CT molecular complexity index is 726. The van der Waals surface area contributed by atoms with Gasteiger partial charge in [-0.2, -0.15) is 0 Å². The summed E-state index contributed by atoms with van der Waals surface area (Å²) in [5.41, 5.74) is 1.20. The van der Waals surface area contributed by atoms with E-state index in [1.54, 1.807) is 7.11 Å². The summed E-state index contributed by atoms with van der Waals surface area (Å²) in [6, 6.07) is 15.1. The highest BCUT2D eigenvalue weighted by Gasteiger charge is 2.24. The fraction of sp³-hybridized carbons (Fsp3) is 0.500. The number of carbonyl (C=O) groups excluding carboxylic acids is 1. The maximum Gasteiger partial charge on any atom is 0.224 e. The first-order valence-corrected chi connectivity index (χ1v) is 9.62. The first kappa shape index (κ1) is 18.9. The minimum absolute atomic E-state index is 0.230. The van der Waals surface area contributed by atoms with Gasteiger partial charge in [-0.05, 0) is 42.8 Å². The molecule has 1 atom stereocenters. The van der Waals surface area contributed by atoms with E-state index in [2.05, 4.69) is 54.4 Å². The lowest BCUT2D eigenvalue weighted by molar-refractivity contribution is -0.134. The van der Waals surface area contributed by atoms with E-state index in [-0.39, 0.29) is 5.91 Å². The van der Waals surface area contributed by atoms with E-state index < -0.39 is 0 Å². The number of hydrogen-bond donors (Lipinski definition) is 0. The molecule has 0 saturated carbocycles. The van der Waals surface area contributed by atoms with Crippen LogP contribution in [0.1, 0.15) is 31.2 Å². The van der Waals surface area contributed by atoms with Crippen molar-refractivity contribution in [3.63, 3.8) is 0 Å². The average Bonchev–Trinajstić information content (AvgIpc) is 2.67. The summed E-state index contributed by atoms with van der Waals surface area (Å²) in [5, 5.41) is 2.44. The smallest absolute Gasteiger partial charge is 0.224 e. The van der Waals surface area contributed by atoms with Crippen LogP contribution in [-0.4, -0.2) is 55.6 Å². The molecule has 1 amide bonds. The lowest BCUT2D eigenvalue weighted by atomic mass is 9.99. The van der Waals surface area contributed by atoms with Gasteiger partial charge in [-0.25, -0.2) is 0 Å². The molecule has 1 aliphatic rings. The third-order valence-corrected chi connectivity index (χ3v) is 5.49. The number of fused-ring (bicyclic) bond motifs is 1. The van der Waals surface area contributed by atoms with Crippen LogP contribution in [0.15, 0.2) is 42.5 Å². The monoisotopic (exact) mass is 354 g/mol. The second-order valence-corrected chi connectivity index (χ2v) is 7.28. The van der Waals surface area contributed by atoms with E-state index in [1.807, 2.05) is 4.90 Å². The quantitative estimate of drug-likeness (QED) is 0.760. The number of hydrogen-bond acceptors (Lipinski definition) is 3. The van der Waals surface area contributed by atoms with Gasteiger partial charge in [-0.1, -0.05) is 48.9 Å². The van der Waals surface area contributed by atoms with E-state index in [4.69, 9.17) is 4.74 Å². The molecular weight excluding hydrogens is 324 g/mol. The Morgan fingerprint density at radius 2 is 2.00 bits per heavy atom. The summed E-state index contributed by atoms with van der Waals surface area (Å²) in [5.74, 6) is 0.230. The molecule has 26 heavy (non-hydrogen) atoms. The molecule has 0 spiro atoms. The van der Waals surface area contributed by atoms with Crippen molar-refractivity contribution in [2.24, 2.45) is 0 Å². The first-order valence-electron chi connectivity index (χ1n) is 9.62. The van der Waals surface area contributed by atoms with Crippen LogP contribution >= 0.6 is 0 Å². The molecule has 1 aliphatic heterocycles. The molecule has 1 heterocycles. The van der Waals surface area contributed by atoms with Crippen molar-refractivity contribution in [3.8, 4) is 0 Å². The zero-order chi connectivity index (χ0) is 18.4. The van der Waals surface area contributed by atoms with Crippen LogP contribution in [0.4, 0.5) is 0 Å². The highest BCUT2D eigenvalue weighted by Crippen LogP contribution is 2.22. The summed E-state index contributed by atoms with van der Waals surface area (Å²) >= 11 is 0. The predicted molar refractivity (Wildman–Crippen MR) is 106 cm³/mol. The maximum absolute atomic E-state index is 13.0. The molecule has 0 radical (unpaired) electrons. The van der Waals surface area contributed by atoms with Gasteiger partial charge in [0, 0.05) is 32.7 Å². The third kappa shape index (κ3) is 4.63. The molecule has 1 saturated heterocycles. The van der Waals surface area contributed by atoms with Crippen molar-refractivity contribution in [1.82, 2.24) is 9.80 Å². The molecule has 0 aliphatic carbocycles. The molecule has 0 bridgehead atoms. The maximum atomic E-state index is 13.0. The fourth-order valence-electron chi connectivity index (χ4n) is 3.86. The molecular formula is C22H30N2O2. The Labute approximate surface area is 156 Å². The molecule has 0 aromatic heterocycles. The summed E-state index contributed by atoms with van der Waals surface area (Å²) in [6.07, 6.45) is 4.19. The van der Waals surface area contributed by atoms with Crippen LogP contribution in [-0.2, 0) is 16.1 Å². The molecule has 4 heteroatoms. The van der Waals surface area contributed by atoms with Gasteiger partial charge in [0.25, 0.3) is 0 Å². The van der Waals surface area contributed by atoms with E-state index in [0.29, 0.717) is 32.2 Å². The van der Waals surface area contributed by atoms with Crippen LogP contribution < -0.4 is 0 Å². The largest absolute Gasteiger partial charge is 0.383 e. The Hall–Kier alpha value is -1.91. The lowest BCUT2D eigenvalue weighted by Crippen LogP contribution is -2.42.